The third kappa shape index (κ3) is 4.43. The molecular formula is C14H12ClF2N5O. The third-order valence-corrected chi connectivity index (χ3v) is 2.99. The molecule has 0 aliphatic rings. The van der Waals surface area contributed by atoms with Crippen LogP contribution in [0.15, 0.2) is 34.5 Å². The standard InChI is InChI=1S/C14H12ClF2N5O/c1-8-11(16)6-20-14(21-8)23-7-9(22-18)5-19-12-4-2-3-10(15)13(12)17/h2-6H,7,18H2,1H3. The minimum Gasteiger partial charge on any atom is -0.457 e. The molecule has 0 saturated carbocycles. The predicted molar refractivity (Wildman–Crippen MR) is 83.4 cm³/mol. The van der Waals surface area contributed by atoms with Crippen LogP contribution in [0.1, 0.15) is 5.69 Å². The third-order valence-electron chi connectivity index (χ3n) is 2.70. The minimum absolute atomic E-state index is 0.0347. The number of hydrogen-bond donors (Lipinski definition) is 1. The van der Waals surface area contributed by atoms with E-state index >= 15 is 0 Å². The van der Waals surface area contributed by atoms with Crippen molar-refractivity contribution in [3.05, 3.63) is 46.7 Å². The molecule has 2 aromatic rings. The molecule has 0 saturated heterocycles. The summed E-state index contributed by atoms with van der Waals surface area (Å²) in [5.41, 5.74) is 0.387. The van der Waals surface area contributed by atoms with Gasteiger partial charge in [-0.2, -0.15) is 10.1 Å². The van der Waals surface area contributed by atoms with E-state index in [1.54, 1.807) is 6.07 Å². The SMILES string of the molecule is Cc1nc(OCC(C=Nc2cccc(Cl)c2F)=NN)ncc1F. The van der Waals surface area contributed by atoms with E-state index in [1.165, 1.54) is 25.3 Å². The van der Waals surface area contributed by atoms with Gasteiger partial charge in [0.15, 0.2) is 11.6 Å². The highest BCUT2D eigenvalue weighted by Crippen LogP contribution is 2.23. The molecule has 2 N–H and O–H groups in total. The van der Waals surface area contributed by atoms with Gasteiger partial charge in [-0.25, -0.2) is 13.8 Å². The second kappa shape index (κ2) is 7.59. The topological polar surface area (TPSA) is 85.8 Å². The van der Waals surface area contributed by atoms with Crippen molar-refractivity contribution < 1.29 is 13.5 Å². The lowest BCUT2D eigenvalue weighted by Gasteiger charge is -2.04. The van der Waals surface area contributed by atoms with Crippen molar-refractivity contribution in [2.75, 3.05) is 6.61 Å². The molecule has 0 fully saturated rings. The summed E-state index contributed by atoms with van der Waals surface area (Å²) in [5, 5.41) is 3.42. The van der Waals surface area contributed by atoms with Crippen LogP contribution in [0.3, 0.4) is 0 Å². The summed E-state index contributed by atoms with van der Waals surface area (Å²) >= 11 is 5.66. The van der Waals surface area contributed by atoms with Gasteiger partial charge in [0, 0.05) is 0 Å². The lowest BCUT2D eigenvalue weighted by Crippen LogP contribution is -2.16. The molecule has 0 bridgehead atoms. The minimum atomic E-state index is -0.653. The fourth-order valence-corrected chi connectivity index (χ4v) is 1.65. The Bertz CT molecular complexity index is 767. The summed E-state index contributed by atoms with van der Waals surface area (Å²) < 4.78 is 32.0. The molecule has 0 aliphatic carbocycles. The first-order chi connectivity index (χ1) is 11.0. The molecule has 1 heterocycles. The molecule has 0 spiro atoms. The summed E-state index contributed by atoms with van der Waals surface area (Å²) in [6.07, 6.45) is 2.22. The molecule has 2 rings (SSSR count). The Labute approximate surface area is 135 Å². The van der Waals surface area contributed by atoms with E-state index in [0.717, 1.165) is 6.20 Å². The van der Waals surface area contributed by atoms with E-state index in [4.69, 9.17) is 22.2 Å². The summed E-state index contributed by atoms with van der Waals surface area (Å²) in [4.78, 5) is 11.4. The van der Waals surface area contributed by atoms with Crippen LogP contribution in [0.4, 0.5) is 14.5 Å². The van der Waals surface area contributed by atoms with Gasteiger partial charge in [0.1, 0.15) is 18.0 Å². The number of benzene rings is 1. The molecule has 6 nitrogen and oxygen atoms in total. The van der Waals surface area contributed by atoms with Gasteiger partial charge in [0.25, 0.3) is 0 Å². The fourth-order valence-electron chi connectivity index (χ4n) is 1.48. The van der Waals surface area contributed by atoms with Crippen LogP contribution in [0, 0.1) is 18.6 Å². The van der Waals surface area contributed by atoms with E-state index in [1.807, 2.05) is 0 Å². The van der Waals surface area contributed by atoms with Crippen LogP contribution < -0.4 is 10.6 Å². The molecule has 0 aliphatic heterocycles. The Morgan fingerprint density at radius 3 is 2.91 bits per heavy atom. The normalized spacial score (nSPS) is 11.9. The number of nitrogens with zero attached hydrogens (tertiary/aromatic N) is 4. The quantitative estimate of drug-likeness (QED) is 0.515. The van der Waals surface area contributed by atoms with Crippen LogP contribution in [0.25, 0.3) is 0 Å². The first-order valence-corrected chi connectivity index (χ1v) is 6.76. The first kappa shape index (κ1) is 16.8. The van der Waals surface area contributed by atoms with Crippen molar-refractivity contribution >= 4 is 29.2 Å². The number of aliphatic imine (C=N–C) groups is 1. The molecule has 0 atom stereocenters. The first-order valence-electron chi connectivity index (χ1n) is 6.38. The van der Waals surface area contributed by atoms with Gasteiger partial charge >= 0.3 is 6.01 Å². The molecule has 0 amide bonds. The zero-order valence-corrected chi connectivity index (χ0v) is 12.8. The van der Waals surface area contributed by atoms with Crippen LogP contribution >= 0.6 is 11.6 Å². The van der Waals surface area contributed by atoms with Gasteiger partial charge in [0.2, 0.25) is 0 Å². The Morgan fingerprint density at radius 2 is 2.22 bits per heavy atom. The predicted octanol–water partition coefficient (Wildman–Crippen LogP) is 2.81. The van der Waals surface area contributed by atoms with Gasteiger partial charge < -0.3 is 10.6 Å². The number of aryl methyl sites for hydroxylation is 1. The Kier molecular flexibility index (Phi) is 5.53. The number of ether oxygens (including phenoxy) is 1. The smallest absolute Gasteiger partial charge is 0.317 e. The molecule has 0 radical (unpaired) electrons. The van der Waals surface area contributed by atoms with Crippen LogP contribution in [-0.4, -0.2) is 28.5 Å². The van der Waals surface area contributed by atoms with Crippen LogP contribution in [0.5, 0.6) is 6.01 Å². The van der Waals surface area contributed by atoms with Gasteiger partial charge in [-0.05, 0) is 19.1 Å². The maximum atomic E-state index is 13.7. The second-order valence-electron chi connectivity index (χ2n) is 4.33. The monoisotopic (exact) mass is 339 g/mol. The van der Waals surface area contributed by atoms with Crippen molar-refractivity contribution in [3.8, 4) is 6.01 Å². The van der Waals surface area contributed by atoms with E-state index in [2.05, 4.69) is 20.1 Å². The van der Waals surface area contributed by atoms with Gasteiger partial charge in [0.05, 0.1) is 23.1 Å². The Balaban J connectivity index is 2.04. The van der Waals surface area contributed by atoms with Crippen molar-refractivity contribution in [1.29, 1.82) is 0 Å². The van der Waals surface area contributed by atoms with Crippen molar-refractivity contribution in [2.45, 2.75) is 6.92 Å². The molecule has 0 unspecified atom stereocenters. The van der Waals surface area contributed by atoms with Gasteiger partial charge in [-0.1, -0.05) is 17.7 Å². The van der Waals surface area contributed by atoms with Crippen LogP contribution in [-0.2, 0) is 0 Å². The average Bonchev–Trinajstić information content (AvgIpc) is 2.54. The lowest BCUT2D eigenvalue weighted by molar-refractivity contribution is 0.343. The van der Waals surface area contributed by atoms with Crippen molar-refractivity contribution in [1.82, 2.24) is 9.97 Å². The number of nitrogens with two attached hydrogens (primary N) is 1. The summed E-state index contributed by atoms with van der Waals surface area (Å²) in [6.45, 7) is 1.36. The maximum absolute atomic E-state index is 13.7. The fraction of sp³-hybridized carbons (Fsp3) is 0.143. The van der Waals surface area contributed by atoms with E-state index in [-0.39, 0.29) is 34.7 Å². The van der Waals surface area contributed by atoms with Gasteiger partial charge in [-0.3, -0.25) is 4.99 Å². The molecule has 1 aromatic heterocycles. The highest BCUT2D eigenvalue weighted by Gasteiger charge is 2.07. The average molecular weight is 340 g/mol. The zero-order valence-electron chi connectivity index (χ0n) is 12.0. The highest BCUT2D eigenvalue weighted by atomic mass is 35.5. The molecule has 23 heavy (non-hydrogen) atoms. The number of aromatic nitrogens is 2. The lowest BCUT2D eigenvalue weighted by atomic mass is 10.3. The molecule has 1 aromatic carbocycles. The summed E-state index contributed by atoms with van der Waals surface area (Å²) in [5.74, 6) is 4.03. The van der Waals surface area contributed by atoms with Gasteiger partial charge in [-0.15, -0.1) is 0 Å². The Hall–Kier alpha value is -2.61. The number of hydrogen-bond acceptors (Lipinski definition) is 6. The second-order valence-corrected chi connectivity index (χ2v) is 4.73. The zero-order chi connectivity index (χ0) is 16.8. The van der Waals surface area contributed by atoms with Crippen LogP contribution in [0.2, 0.25) is 5.02 Å². The molecule has 9 heteroatoms. The van der Waals surface area contributed by atoms with E-state index in [0.29, 0.717) is 0 Å². The molecular weight excluding hydrogens is 328 g/mol. The van der Waals surface area contributed by atoms with E-state index in [9.17, 15) is 8.78 Å². The number of rotatable bonds is 5. The van der Waals surface area contributed by atoms with Crippen molar-refractivity contribution in [2.24, 2.45) is 15.9 Å². The maximum Gasteiger partial charge on any atom is 0.317 e. The largest absolute Gasteiger partial charge is 0.457 e. The number of hydrazone groups is 1. The van der Waals surface area contributed by atoms with Crippen molar-refractivity contribution in [3.63, 3.8) is 0 Å². The highest BCUT2D eigenvalue weighted by molar-refractivity contribution is 6.32. The Morgan fingerprint density at radius 1 is 1.43 bits per heavy atom. The van der Waals surface area contributed by atoms with E-state index < -0.39 is 11.6 Å². The summed E-state index contributed by atoms with van der Waals surface area (Å²) in [6, 6.07) is 4.38. The molecule has 120 valence electrons. The summed E-state index contributed by atoms with van der Waals surface area (Å²) in [7, 11) is 0. The number of halogens is 3.